The van der Waals surface area contributed by atoms with Crippen LogP contribution < -0.4 is 15.8 Å². The van der Waals surface area contributed by atoms with Crippen LogP contribution in [-0.2, 0) is 9.53 Å². The van der Waals surface area contributed by atoms with E-state index in [1.807, 2.05) is 31.2 Å². The molecule has 2 aliphatic rings. The standard InChI is InChI=1S/C23H24N6O5/c1-12-5-2-3-6-14(12)33-10-4-7-15-27-20(24)16-21(28-15)29(11-25-16)23-18(31)17(30)19(34-23)22(32)26-13-8-9-13/h2-3,5-6,11,13,17-19,23,30-31H,8-10H2,1H3,(H,26,32)(H2,24,27,28)/t17-,18+,19-,23+/m0/s1. The second kappa shape index (κ2) is 8.90. The minimum absolute atomic E-state index is 0.0945. The number of hydrogen-bond acceptors (Lipinski definition) is 9. The molecule has 2 aromatic heterocycles. The van der Waals surface area contributed by atoms with Crippen LogP contribution in [0.1, 0.15) is 30.5 Å². The van der Waals surface area contributed by atoms with Gasteiger partial charge in [-0.2, -0.15) is 0 Å². The third-order valence-corrected chi connectivity index (χ3v) is 5.74. The fourth-order valence-corrected chi connectivity index (χ4v) is 3.74. The number of rotatable bonds is 5. The molecule has 1 aliphatic carbocycles. The SMILES string of the molecule is Cc1ccccc1OCC#Cc1nc(N)c2ncn([C@@H]3O[C@H](C(=O)NC4CC4)[C@@H](O)[C@H]3O)c2n1. The van der Waals surface area contributed by atoms with Crippen molar-refractivity contribution in [1.29, 1.82) is 0 Å². The topological polar surface area (TPSA) is 158 Å². The Balaban J connectivity index is 1.36. The van der Waals surface area contributed by atoms with Crippen molar-refractivity contribution < 1.29 is 24.5 Å². The molecule has 0 unspecified atom stereocenters. The molecule has 11 nitrogen and oxygen atoms in total. The Hall–Kier alpha value is -3.72. The molecule has 3 heterocycles. The monoisotopic (exact) mass is 464 g/mol. The highest BCUT2D eigenvalue weighted by molar-refractivity contribution is 5.83. The molecule has 2 fully saturated rings. The summed E-state index contributed by atoms with van der Waals surface area (Å²) in [6.45, 7) is 2.07. The molecule has 5 N–H and O–H groups in total. The van der Waals surface area contributed by atoms with E-state index in [1.54, 1.807) is 0 Å². The number of nitrogens with one attached hydrogen (secondary N) is 1. The van der Waals surface area contributed by atoms with Gasteiger partial charge in [0.15, 0.2) is 23.8 Å². The Kier molecular flexibility index (Phi) is 5.79. The van der Waals surface area contributed by atoms with Gasteiger partial charge in [-0.15, -0.1) is 0 Å². The number of fused-ring (bicyclic) bond motifs is 1. The number of nitrogen functional groups attached to an aromatic ring is 1. The maximum absolute atomic E-state index is 12.4. The van der Waals surface area contributed by atoms with E-state index in [4.69, 9.17) is 15.2 Å². The van der Waals surface area contributed by atoms with Crippen LogP contribution in [0.15, 0.2) is 30.6 Å². The molecule has 1 aromatic carbocycles. The Morgan fingerprint density at radius 2 is 2.09 bits per heavy atom. The first-order chi connectivity index (χ1) is 16.4. The third-order valence-electron chi connectivity index (χ3n) is 5.74. The summed E-state index contributed by atoms with van der Waals surface area (Å²) in [7, 11) is 0. The molecule has 11 heteroatoms. The first-order valence-corrected chi connectivity index (χ1v) is 10.9. The molecule has 5 rings (SSSR count). The number of aryl methyl sites for hydroxylation is 1. The lowest BCUT2D eigenvalue weighted by atomic mass is 10.1. The Morgan fingerprint density at radius 1 is 1.29 bits per heavy atom. The first-order valence-electron chi connectivity index (χ1n) is 10.9. The smallest absolute Gasteiger partial charge is 0.252 e. The number of ether oxygens (including phenoxy) is 2. The molecular formula is C23H24N6O5. The Morgan fingerprint density at radius 3 is 2.85 bits per heavy atom. The summed E-state index contributed by atoms with van der Waals surface area (Å²) in [5.74, 6) is 6.18. The van der Waals surface area contributed by atoms with E-state index in [0.717, 1.165) is 24.2 Å². The first kappa shape index (κ1) is 22.1. The molecule has 0 bridgehead atoms. The Labute approximate surface area is 194 Å². The van der Waals surface area contributed by atoms with Crippen molar-refractivity contribution in [3.8, 4) is 17.6 Å². The van der Waals surface area contributed by atoms with Crippen LogP contribution in [0.4, 0.5) is 5.82 Å². The predicted octanol–water partition coefficient (Wildman–Crippen LogP) is 0.0452. The van der Waals surface area contributed by atoms with Gasteiger partial charge in [0, 0.05) is 6.04 Å². The molecule has 34 heavy (non-hydrogen) atoms. The minimum Gasteiger partial charge on any atom is -0.481 e. The van der Waals surface area contributed by atoms with Gasteiger partial charge in [-0.3, -0.25) is 9.36 Å². The number of nitrogens with two attached hydrogens (primary N) is 1. The van der Waals surface area contributed by atoms with Crippen molar-refractivity contribution in [2.45, 2.75) is 50.3 Å². The van der Waals surface area contributed by atoms with Crippen molar-refractivity contribution in [1.82, 2.24) is 24.8 Å². The molecule has 176 valence electrons. The van der Waals surface area contributed by atoms with Crippen molar-refractivity contribution in [3.05, 3.63) is 42.0 Å². The van der Waals surface area contributed by atoms with E-state index < -0.39 is 30.4 Å². The number of anilines is 1. The number of aliphatic hydroxyl groups is 2. The summed E-state index contributed by atoms with van der Waals surface area (Å²) in [4.78, 5) is 25.2. The average molecular weight is 464 g/mol. The maximum Gasteiger partial charge on any atom is 0.252 e. The van der Waals surface area contributed by atoms with Crippen LogP contribution >= 0.6 is 0 Å². The lowest BCUT2D eigenvalue weighted by Crippen LogP contribution is -2.43. The molecule has 3 aromatic rings. The normalized spacial score (nSPS) is 24.0. The number of imidazole rings is 1. The number of para-hydroxylation sites is 1. The van der Waals surface area contributed by atoms with Crippen molar-refractivity contribution in [2.75, 3.05) is 12.3 Å². The highest BCUT2D eigenvalue weighted by atomic mass is 16.6. The fraction of sp³-hybridized carbons (Fsp3) is 0.391. The largest absolute Gasteiger partial charge is 0.481 e. The average Bonchev–Trinajstić information content (AvgIpc) is 3.45. The molecule has 1 aliphatic heterocycles. The zero-order valence-electron chi connectivity index (χ0n) is 18.4. The van der Waals surface area contributed by atoms with E-state index in [1.165, 1.54) is 10.9 Å². The number of carbonyl (C=O) groups is 1. The lowest BCUT2D eigenvalue weighted by Gasteiger charge is -2.16. The predicted molar refractivity (Wildman–Crippen MR) is 120 cm³/mol. The second-order valence-corrected chi connectivity index (χ2v) is 8.32. The molecular weight excluding hydrogens is 440 g/mol. The van der Waals surface area contributed by atoms with Gasteiger partial charge in [0.2, 0.25) is 5.82 Å². The van der Waals surface area contributed by atoms with Gasteiger partial charge < -0.3 is 30.7 Å². The van der Waals surface area contributed by atoms with Gasteiger partial charge >= 0.3 is 0 Å². The summed E-state index contributed by atoms with van der Waals surface area (Å²) >= 11 is 0. The summed E-state index contributed by atoms with van der Waals surface area (Å²) < 4.78 is 12.8. The van der Waals surface area contributed by atoms with E-state index in [2.05, 4.69) is 32.1 Å². The number of carbonyl (C=O) groups excluding carboxylic acids is 1. The number of nitrogens with zero attached hydrogens (tertiary/aromatic N) is 4. The molecule has 0 radical (unpaired) electrons. The number of benzene rings is 1. The quantitative estimate of drug-likeness (QED) is 0.383. The summed E-state index contributed by atoms with van der Waals surface area (Å²) in [5.41, 5.74) is 7.59. The van der Waals surface area contributed by atoms with Crippen LogP contribution in [-0.4, -0.2) is 66.6 Å². The second-order valence-electron chi connectivity index (χ2n) is 8.32. The van der Waals surface area contributed by atoms with Gasteiger partial charge in [0.1, 0.15) is 30.1 Å². The zero-order chi connectivity index (χ0) is 23.8. The molecule has 1 saturated heterocycles. The number of amides is 1. The number of hydrogen-bond donors (Lipinski definition) is 4. The highest BCUT2D eigenvalue weighted by Crippen LogP contribution is 2.33. The van der Waals surface area contributed by atoms with E-state index in [-0.39, 0.29) is 35.5 Å². The summed E-state index contributed by atoms with van der Waals surface area (Å²) in [6.07, 6.45) is -1.93. The molecule has 4 atom stereocenters. The zero-order valence-corrected chi connectivity index (χ0v) is 18.4. The molecule has 1 amide bonds. The van der Waals surface area contributed by atoms with Gasteiger partial charge in [-0.05, 0) is 37.3 Å². The van der Waals surface area contributed by atoms with Crippen LogP contribution in [0.2, 0.25) is 0 Å². The third kappa shape index (κ3) is 4.26. The minimum atomic E-state index is -1.40. The number of aliphatic hydroxyl groups excluding tert-OH is 2. The fourth-order valence-electron chi connectivity index (χ4n) is 3.74. The van der Waals surface area contributed by atoms with E-state index >= 15 is 0 Å². The summed E-state index contributed by atoms with van der Waals surface area (Å²) in [6, 6.07) is 7.70. The van der Waals surface area contributed by atoms with Crippen LogP contribution in [0.3, 0.4) is 0 Å². The van der Waals surface area contributed by atoms with Crippen LogP contribution in [0, 0.1) is 18.8 Å². The van der Waals surface area contributed by atoms with Gasteiger partial charge in [0.25, 0.3) is 5.91 Å². The van der Waals surface area contributed by atoms with E-state index in [9.17, 15) is 15.0 Å². The summed E-state index contributed by atoms with van der Waals surface area (Å²) in [5, 5.41) is 23.8. The van der Waals surface area contributed by atoms with Crippen LogP contribution in [0.5, 0.6) is 5.75 Å². The van der Waals surface area contributed by atoms with Crippen molar-refractivity contribution in [2.24, 2.45) is 0 Å². The van der Waals surface area contributed by atoms with E-state index in [0.29, 0.717) is 0 Å². The molecule has 0 spiro atoms. The van der Waals surface area contributed by atoms with Gasteiger partial charge in [-0.1, -0.05) is 24.1 Å². The van der Waals surface area contributed by atoms with Crippen molar-refractivity contribution >= 4 is 22.9 Å². The maximum atomic E-state index is 12.4. The highest BCUT2D eigenvalue weighted by Gasteiger charge is 2.48. The number of aromatic nitrogens is 4. The van der Waals surface area contributed by atoms with Crippen LogP contribution in [0.25, 0.3) is 11.2 Å². The Bertz CT molecular complexity index is 1290. The lowest BCUT2D eigenvalue weighted by molar-refractivity contribution is -0.137. The van der Waals surface area contributed by atoms with Gasteiger partial charge in [-0.25, -0.2) is 15.0 Å². The molecule has 1 saturated carbocycles. The van der Waals surface area contributed by atoms with Crippen molar-refractivity contribution in [3.63, 3.8) is 0 Å². The van der Waals surface area contributed by atoms with Gasteiger partial charge in [0.05, 0.1) is 6.33 Å².